The summed E-state index contributed by atoms with van der Waals surface area (Å²) < 4.78 is 0. The van der Waals surface area contributed by atoms with Crippen molar-refractivity contribution in [1.82, 2.24) is 4.90 Å². The van der Waals surface area contributed by atoms with Gasteiger partial charge in [0.15, 0.2) is 0 Å². The van der Waals surface area contributed by atoms with Gasteiger partial charge in [-0.05, 0) is 30.9 Å². The summed E-state index contributed by atoms with van der Waals surface area (Å²) in [4.78, 5) is 14.1. The lowest BCUT2D eigenvalue weighted by Gasteiger charge is -2.32. The van der Waals surface area contributed by atoms with E-state index in [1.165, 1.54) is 5.56 Å². The monoisotopic (exact) mass is 275 g/mol. The first-order chi connectivity index (χ1) is 9.51. The molecule has 1 aromatic carbocycles. The molecule has 1 aliphatic rings. The Bertz CT molecular complexity index is 457. The number of hydrogen-bond donors (Lipinski definition) is 1. The molecule has 1 fully saturated rings. The second-order valence-corrected chi connectivity index (χ2v) is 6.17. The van der Waals surface area contributed by atoms with Crippen LogP contribution in [0.2, 0.25) is 0 Å². The predicted molar refractivity (Wildman–Crippen MR) is 80.6 cm³/mol. The number of carboxylic acids is 1. The summed E-state index contributed by atoms with van der Waals surface area (Å²) in [6.07, 6.45) is 1.77. The average Bonchev–Trinajstić information content (AvgIpc) is 2.87. The highest BCUT2D eigenvalue weighted by atomic mass is 16.4. The van der Waals surface area contributed by atoms with Gasteiger partial charge in [-0.2, -0.15) is 0 Å². The molecule has 2 unspecified atom stereocenters. The maximum atomic E-state index is 11.7. The van der Waals surface area contributed by atoms with E-state index in [0.29, 0.717) is 12.6 Å². The molecule has 1 aliphatic heterocycles. The maximum Gasteiger partial charge on any atom is 0.311 e. The summed E-state index contributed by atoms with van der Waals surface area (Å²) in [7, 11) is 0. The van der Waals surface area contributed by atoms with Crippen molar-refractivity contribution in [3.05, 3.63) is 35.9 Å². The zero-order valence-corrected chi connectivity index (χ0v) is 12.7. The van der Waals surface area contributed by atoms with E-state index in [1.54, 1.807) is 0 Å². The Morgan fingerprint density at radius 3 is 2.45 bits per heavy atom. The summed E-state index contributed by atoms with van der Waals surface area (Å²) in [5.41, 5.74) is 0.710. The number of carboxylic acid groups (broad SMARTS) is 1. The van der Waals surface area contributed by atoms with E-state index < -0.39 is 11.4 Å². The van der Waals surface area contributed by atoms with Crippen LogP contribution in [0.15, 0.2) is 30.3 Å². The van der Waals surface area contributed by atoms with E-state index in [1.807, 2.05) is 19.9 Å². The first-order valence-corrected chi connectivity index (χ1v) is 7.53. The Hall–Kier alpha value is -1.35. The van der Waals surface area contributed by atoms with Gasteiger partial charge in [-0.1, -0.05) is 51.1 Å². The van der Waals surface area contributed by atoms with Gasteiger partial charge in [0, 0.05) is 12.6 Å². The van der Waals surface area contributed by atoms with Gasteiger partial charge >= 0.3 is 5.97 Å². The van der Waals surface area contributed by atoms with Gasteiger partial charge < -0.3 is 5.11 Å². The number of aliphatic carboxylic acids is 1. The Labute approximate surface area is 121 Å². The van der Waals surface area contributed by atoms with Crippen LogP contribution in [0.4, 0.5) is 0 Å². The fourth-order valence-electron chi connectivity index (χ4n) is 3.40. The van der Waals surface area contributed by atoms with Crippen LogP contribution >= 0.6 is 0 Å². The normalized spacial score (nSPS) is 25.0. The van der Waals surface area contributed by atoms with Crippen LogP contribution in [0.1, 0.15) is 45.2 Å². The predicted octanol–water partition coefficient (Wildman–Crippen LogP) is 3.57. The van der Waals surface area contributed by atoms with Gasteiger partial charge in [0.25, 0.3) is 0 Å². The van der Waals surface area contributed by atoms with Crippen LogP contribution in [0.3, 0.4) is 0 Å². The zero-order chi connectivity index (χ0) is 14.8. The second-order valence-electron chi connectivity index (χ2n) is 6.17. The molecule has 2 rings (SSSR count). The Morgan fingerprint density at radius 2 is 2.00 bits per heavy atom. The molecule has 0 saturated carbocycles. The van der Waals surface area contributed by atoms with Gasteiger partial charge in [0.05, 0.1) is 5.41 Å². The largest absolute Gasteiger partial charge is 0.481 e. The molecule has 3 heteroatoms. The first-order valence-electron chi connectivity index (χ1n) is 7.53. The van der Waals surface area contributed by atoms with Crippen molar-refractivity contribution in [2.75, 3.05) is 13.1 Å². The molecule has 0 aromatic heterocycles. The van der Waals surface area contributed by atoms with E-state index >= 15 is 0 Å². The lowest BCUT2D eigenvalue weighted by molar-refractivity contribution is -0.151. The van der Waals surface area contributed by atoms with Crippen LogP contribution in [-0.4, -0.2) is 29.1 Å². The molecular formula is C17H25NO2. The molecule has 0 aliphatic carbocycles. The summed E-state index contributed by atoms with van der Waals surface area (Å²) >= 11 is 0. The number of likely N-dealkylation sites (tertiary alicyclic amines) is 1. The van der Waals surface area contributed by atoms with Crippen LogP contribution in [-0.2, 0) is 4.79 Å². The molecule has 20 heavy (non-hydrogen) atoms. The molecule has 1 saturated heterocycles. The van der Waals surface area contributed by atoms with Gasteiger partial charge in [-0.3, -0.25) is 9.69 Å². The third kappa shape index (κ3) is 2.59. The minimum absolute atomic E-state index is 0.165. The number of hydrogen-bond acceptors (Lipinski definition) is 2. The topological polar surface area (TPSA) is 40.5 Å². The summed E-state index contributed by atoms with van der Waals surface area (Å²) in [5, 5.41) is 9.65. The van der Waals surface area contributed by atoms with Gasteiger partial charge in [0.1, 0.15) is 0 Å². The Balaban J connectivity index is 2.21. The Kier molecular flexibility index (Phi) is 4.48. The minimum Gasteiger partial charge on any atom is -0.481 e. The van der Waals surface area contributed by atoms with Crippen molar-refractivity contribution in [2.24, 2.45) is 11.3 Å². The molecule has 3 nitrogen and oxygen atoms in total. The highest BCUT2D eigenvalue weighted by molar-refractivity contribution is 5.75. The molecule has 1 heterocycles. The van der Waals surface area contributed by atoms with E-state index in [9.17, 15) is 9.90 Å². The number of benzene rings is 1. The molecule has 110 valence electrons. The average molecular weight is 275 g/mol. The first kappa shape index (κ1) is 15.0. The van der Waals surface area contributed by atoms with Crippen LogP contribution < -0.4 is 0 Å². The van der Waals surface area contributed by atoms with Crippen LogP contribution in [0, 0.1) is 11.3 Å². The van der Waals surface area contributed by atoms with Gasteiger partial charge in [-0.25, -0.2) is 0 Å². The lowest BCUT2D eigenvalue weighted by atomic mass is 9.76. The highest BCUT2D eigenvalue weighted by Crippen LogP contribution is 2.42. The molecular weight excluding hydrogens is 250 g/mol. The standard InChI is InChI=1S/C17H25NO2/c1-4-15(14-8-6-5-7-9-14)18-11-10-17(12-18,13(2)3)16(19)20/h5-9,13,15H,4,10-12H2,1-3H3,(H,19,20). The number of nitrogens with zero attached hydrogens (tertiary/aromatic N) is 1. The van der Waals surface area contributed by atoms with Crippen molar-refractivity contribution in [3.8, 4) is 0 Å². The van der Waals surface area contributed by atoms with E-state index in [4.69, 9.17) is 0 Å². The fraction of sp³-hybridized carbons (Fsp3) is 0.588. The van der Waals surface area contributed by atoms with Crippen LogP contribution in [0.5, 0.6) is 0 Å². The zero-order valence-electron chi connectivity index (χ0n) is 12.7. The molecule has 1 N–H and O–H groups in total. The highest BCUT2D eigenvalue weighted by Gasteiger charge is 2.48. The third-order valence-corrected chi connectivity index (χ3v) is 4.87. The molecule has 2 atom stereocenters. The minimum atomic E-state index is -0.641. The lowest BCUT2D eigenvalue weighted by Crippen LogP contribution is -2.40. The molecule has 0 amide bonds. The smallest absolute Gasteiger partial charge is 0.311 e. The third-order valence-electron chi connectivity index (χ3n) is 4.87. The molecule has 0 bridgehead atoms. The second kappa shape index (κ2) is 5.96. The number of carbonyl (C=O) groups is 1. The van der Waals surface area contributed by atoms with Gasteiger partial charge in [0.2, 0.25) is 0 Å². The van der Waals surface area contributed by atoms with Crippen molar-refractivity contribution in [3.63, 3.8) is 0 Å². The van der Waals surface area contributed by atoms with Crippen molar-refractivity contribution in [2.45, 2.75) is 39.7 Å². The van der Waals surface area contributed by atoms with Crippen molar-refractivity contribution >= 4 is 5.97 Å². The molecule has 0 radical (unpaired) electrons. The Morgan fingerprint density at radius 1 is 1.35 bits per heavy atom. The van der Waals surface area contributed by atoms with E-state index in [2.05, 4.69) is 36.1 Å². The molecule has 1 aromatic rings. The number of rotatable bonds is 5. The fourth-order valence-corrected chi connectivity index (χ4v) is 3.40. The summed E-state index contributed by atoms with van der Waals surface area (Å²) in [6, 6.07) is 10.8. The van der Waals surface area contributed by atoms with Crippen molar-refractivity contribution in [1.29, 1.82) is 0 Å². The van der Waals surface area contributed by atoms with Gasteiger partial charge in [-0.15, -0.1) is 0 Å². The molecule has 0 spiro atoms. The van der Waals surface area contributed by atoms with E-state index in [-0.39, 0.29) is 5.92 Å². The summed E-state index contributed by atoms with van der Waals surface area (Å²) in [6.45, 7) is 7.77. The maximum absolute atomic E-state index is 11.7. The van der Waals surface area contributed by atoms with Crippen LogP contribution in [0.25, 0.3) is 0 Å². The van der Waals surface area contributed by atoms with E-state index in [0.717, 1.165) is 19.4 Å². The van der Waals surface area contributed by atoms with Crippen molar-refractivity contribution < 1.29 is 9.90 Å². The summed E-state index contributed by atoms with van der Waals surface area (Å²) in [5.74, 6) is -0.476. The SMILES string of the molecule is CCC(c1ccccc1)N1CCC(C(=O)O)(C(C)C)C1. The quantitative estimate of drug-likeness (QED) is 0.893.